The highest BCUT2D eigenvalue weighted by atomic mass is 19.4. The number of nitrogens with one attached hydrogen (secondary N) is 2. The molecule has 7 heteroatoms. The van der Waals surface area contributed by atoms with Gasteiger partial charge in [0.1, 0.15) is 0 Å². The Bertz CT molecular complexity index is 1390. The van der Waals surface area contributed by atoms with E-state index in [0.717, 1.165) is 33.9 Å². The first-order valence-corrected chi connectivity index (χ1v) is 10.7. The van der Waals surface area contributed by atoms with Crippen molar-refractivity contribution in [3.63, 3.8) is 0 Å². The van der Waals surface area contributed by atoms with Crippen molar-refractivity contribution in [1.82, 2.24) is 0 Å². The summed E-state index contributed by atoms with van der Waals surface area (Å²) >= 11 is 0. The van der Waals surface area contributed by atoms with E-state index in [2.05, 4.69) is 28.8 Å². The number of anilines is 4. The van der Waals surface area contributed by atoms with Crippen LogP contribution in [0.2, 0.25) is 0 Å². The van der Waals surface area contributed by atoms with Crippen molar-refractivity contribution in [2.24, 2.45) is 0 Å². The zero-order valence-electron chi connectivity index (χ0n) is 17.9. The summed E-state index contributed by atoms with van der Waals surface area (Å²) in [5.41, 5.74) is 1.87. The van der Waals surface area contributed by atoms with Gasteiger partial charge in [0.05, 0.1) is 22.5 Å². The largest absolute Gasteiger partial charge is 0.417 e. The number of rotatable bonds is 3. The Morgan fingerprint density at radius 1 is 0.882 bits per heavy atom. The van der Waals surface area contributed by atoms with Crippen molar-refractivity contribution >= 4 is 39.4 Å². The van der Waals surface area contributed by atoms with E-state index in [-0.39, 0.29) is 0 Å². The molecule has 1 heterocycles. The normalized spacial score (nSPS) is 13.2. The molecule has 1 amide bonds. The van der Waals surface area contributed by atoms with E-state index in [9.17, 15) is 18.0 Å². The second-order valence-electron chi connectivity index (χ2n) is 7.86. The lowest BCUT2D eigenvalue weighted by Gasteiger charge is -2.23. The Balaban J connectivity index is 1.43. The van der Waals surface area contributed by atoms with Crippen LogP contribution in [-0.2, 0) is 6.18 Å². The number of hydrogen-bond donors (Lipinski definition) is 2. The third kappa shape index (κ3) is 4.08. The third-order valence-corrected chi connectivity index (χ3v) is 5.70. The molecule has 0 saturated carbocycles. The van der Waals surface area contributed by atoms with Gasteiger partial charge in [-0.2, -0.15) is 13.2 Å². The molecule has 34 heavy (non-hydrogen) atoms. The minimum absolute atomic E-state index is 0.404. The fourth-order valence-corrected chi connectivity index (χ4v) is 4.10. The van der Waals surface area contributed by atoms with E-state index < -0.39 is 23.2 Å². The number of fused-ring (bicyclic) bond motifs is 3. The number of benzene rings is 4. The topological polar surface area (TPSA) is 44.4 Å². The molecule has 0 saturated heterocycles. The van der Waals surface area contributed by atoms with E-state index in [1.807, 2.05) is 47.5 Å². The number of alkyl halides is 3. The molecule has 0 bridgehead atoms. The van der Waals surface area contributed by atoms with Crippen molar-refractivity contribution in [3.05, 3.63) is 108 Å². The smallest absolute Gasteiger partial charge is 0.379 e. The molecule has 1 aliphatic heterocycles. The van der Waals surface area contributed by atoms with Crippen LogP contribution in [0.15, 0.2) is 97.2 Å². The van der Waals surface area contributed by atoms with Crippen molar-refractivity contribution < 1.29 is 18.0 Å². The lowest BCUT2D eigenvalue weighted by Crippen LogP contribution is -2.18. The van der Waals surface area contributed by atoms with Crippen LogP contribution in [0.4, 0.5) is 35.9 Å². The maximum Gasteiger partial charge on any atom is 0.417 e. The molecule has 1 aliphatic rings. The van der Waals surface area contributed by atoms with Gasteiger partial charge in [0.2, 0.25) is 0 Å². The minimum Gasteiger partial charge on any atom is -0.379 e. The average molecular weight is 459 g/mol. The Hall–Kier alpha value is -4.26. The number of amides is 1. The zero-order chi connectivity index (χ0) is 23.7. The van der Waals surface area contributed by atoms with Crippen molar-refractivity contribution in [2.75, 3.05) is 22.1 Å². The number of halogens is 3. The van der Waals surface area contributed by atoms with Crippen LogP contribution in [0.3, 0.4) is 0 Å². The van der Waals surface area contributed by atoms with Gasteiger partial charge in [-0.05, 0) is 53.9 Å². The summed E-state index contributed by atoms with van der Waals surface area (Å²) in [5.74, 6) is -0.809. The standard InChI is InChI=1S/C27H20F3N3O/c28-27(29,30)23-9-4-3-8-22(23)26(34)32-19-11-13-20(14-12-19)33-17-5-16-31-25-21-7-2-1-6-18(21)10-15-24(25)33/h1-15,17,31H,16H2,(H,32,34). The lowest BCUT2D eigenvalue weighted by molar-refractivity contribution is -0.137. The molecule has 4 aromatic carbocycles. The van der Waals surface area contributed by atoms with Crippen molar-refractivity contribution in [3.8, 4) is 0 Å². The molecule has 0 aromatic heterocycles. The Morgan fingerprint density at radius 3 is 2.41 bits per heavy atom. The van der Waals surface area contributed by atoms with E-state index in [1.165, 1.54) is 18.2 Å². The predicted octanol–water partition coefficient (Wildman–Crippen LogP) is 7.19. The van der Waals surface area contributed by atoms with E-state index >= 15 is 0 Å². The van der Waals surface area contributed by atoms with Gasteiger partial charge >= 0.3 is 6.18 Å². The van der Waals surface area contributed by atoms with Gasteiger partial charge in [-0.1, -0.05) is 42.5 Å². The number of carbonyl (C=O) groups excluding carboxylic acids is 1. The van der Waals surface area contributed by atoms with Crippen molar-refractivity contribution in [2.45, 2.75) is 6.18 Å². The lowest BCUT2D eigenvalue weighted by atomic mass is 10.1. The van der Waals surface area contributed by atoms with E-state index in [0.29, 0.717) is 12.2 Å². The highest BCUT2D eigenvalue weighted by Crippen LogP contribution is 2.39. The van der Waals surface area contributed by atoms with E-state index in [1.54, 1.807) is 12.1 Å². The highest BCUT2D eigenvalue weighted by Gasteiger charge is 2.34. The van der Waals surface area contributed by atoms with Crippen LogP contribution in [-0.4, -0.2) is 12.5 Å². The average Bonchev–Trinajstić information content (AvgIpc) is 3.07. The number of nitrogens with zero attached hydrogens (tertiary/aromatic N) is 1. The van der Waals surface area contributed by atoms with Gasteiger partial charge in [-0.3, -0.25) is 4.79 Å². The second-order valence-corrected chi connectivity index (χ2v) is 7.86. The molecule has 4 nitrogen and oxygen atoms in total. The van der Waals surface area contributed by atoms with Gasteiger partial charge in [0.15, 0.2) is 0 Å². The van der Waals surface area contributed by atoms with Gasteiger partial charge < -0.3 is 15.5 Å². The first-order valence-electron chi connectivity index (χ1n) is 10.7. The first kappa shape index (κ1) is 21.6. The quantitative estimate of drug-likeness (QED) is 0.341. The fourth-order valence-electron chi connectivity index (χ4n) is 4.10. The van der Waals surface area contributed by atoms with Crippen LogP contribution >= 0.6 is 0 Å². The van der Waals surface area contributed by atoms with Crippen LogP contribution in [0, 0.1) is 0 Å². The summed E-state index contributed by atoms with van der Waals surface area (Å²) in [6.07, 6.45) is -0.623. The van der Waals surface area contributed by atoms with Crippen LogP contribution in [0.1, 0.15) is 15.9 Å². The molecule has 170 valence electrons. The molecule has 5 rings (SSSR count). The number of carbonyl (C=O) groups is 1. The molecule has 0 fully saturated rings. The van der Waals surface area contributed by atoms with Crippen molar-refractivity contribution in [1.29, 1.82) is 0 Å². The predicted molar refractivity (Wildman–Crippen MR) is 130 cm³/mol. The molecule has 0 aliphatic carbocycles. The Labute approximate surface area is 194 Å². The van der Waals surface area contributed by atoms with Gasteiger partial charge in [-0.15, -0.1) is 0 Å². The highest BCUT2D eigenvalue weighted by molar-refractivity contribution is 6.06. The maximum atomic E-state index is 13.3. The van der Waals surface area contributed by atoms with Crippen LogP contribution in [0.25, 0.3) is 10.8 Å². The zero-order valence-corrected chi connectivity index (χ0v) is 17.9. The summed E-state index contributed by atoms with van der Waals surface area (Å²) in [5, 5.41) is 8.28. The third-order valence-electron chi connectivity index (χ3n) is 5.70. The minimum atomic E-state index is -4.61. The molecule has 0 spiro atoms. The summed E-state index contributed by atoms with van der Waals surface area (Å²) in [7, 11) is 0. The van der Waals surface area contributed by atoms with Gasteiger partial charge in [0.25, 0.3) is 5.91 Å². The van der Waals surface area contributed by atoms with Gasteiger partial charge in [-0.25, -0.2) is 0 Å². The van der Waals surface area contributed by atoms with E-state index in [4.69, 9.17) is 0 Å². The van der Waals surface area contributed by atoms with Crippen LogP contribution in [0.5, 0.6) is 0 Å². The SMILES string of the molecule is O=C(Nc1ccc(N2C=CCNc3c2ccc2ccccc32)cc1)c1ccccc1C(F)(F)F. The molecule has 0 unspecified atom stereocenters. The summed E-state index contributed by atoms with van der Waals surface area (Å²) in [4.78, 5) is 14.6. The fraction of sp³-hybridized carbons (Fsp3) is 0.0741. The number of hydrogen-bond acceptors (Lipinski definition) is 3. The molecule has 0 radical (unpaired) electrons. The molecule has 0 atom stereocenters. The Kier molecular flexibility index (Phi) is 5.45. The maximum absolute atomic E-state index is 13.3. The van der Waals surface area contributed by atoms with Gasteiger partial charge in [0, 0.05) is 29.5 Å². The second kappa shape index (κ2) is 8.59. The summed E-state index contributed by atoms with van der Waals surface area (Å²) in [6, 6.07) is 24.0. The molecular weight excluding hydrogens is 439 g/mol. The molecule has 4 aromatic rings. The Morgan fingerprint density at radius 2 is 1.62 bits per heavy atom. The first-order chi connectivity index (χ1) is 16.4. The van der Waals surface area contributed by atoms with Crippen LogP contribution < -0.4 is 15.5 Å². The molecular formula is C27H20F3N3O. The molecule has 2 N–H and O–H groups in total. The summed E-state index contributed by atoms with van der Waals surface area (Å²) in [6.45, 7) is 0.671. The monoisotopic (exact) mass is 459 g/mol. The summed E-state index contributed by atoms with van der Waals surface area (Å²) < 4.78 is 39.8.